The molecule has 0 atom stereocenters. The second-order valence-electron chi connectivity index (χ2n) is 5.58. The zero-order chi connectivity index (χ0) is 18.7. The summed E-state index contributed by atoms with van der Waals surface area (Å²) in [5.74, 6) is 0.0959. The number of nitrogens with zero attached hydrogens (tertiary/aromatic N) is 1. The molecule has 0 saturated heterocycles. The Morgan fingerprint density at radius 3 is 2.50 bits per heavy atom. The van der Waals surface area contributed by atoms with E-state index in [4.69, 9.17) is 11.6 Å². The highest BCUT2D eigenvalue weighted by atomic mass is 35.5. The number of anilines is 3. The maximum Gasteiger partial charge on any atom is 0.261 e. The lowest BCUT2D eigenvalue weighted by molar-refractivity contribution is 0.601. The summed E-state index contributed by atoms with van der Waals surface area (Å²) in [5, 5.41) is 3.44. The molecule has 1 aromatic heterocycles. The quantitative estimate of drug-likeness (QED) is 0.659. The van der Waals surface area contributed by atoms with Crippen molar-refractivity contribution in [2.75, 3.05) is 10.0 Å². The Morgan fingerprint density at radius 2 is 1.85 bits per heavy atom. The third kappa shape index (κ3) is 4.30. The van der Waals surface area contributed by atoms with E-state index in [1.54, 1.807) is 31.2 Å². The topological polar surface area (TPSA) is 71.1 Å². The Bertz CT molecular complexity index is 1040. The summed E-state index contributed by atoms with van der Waals surface area (Å²) < 4.78 is 40.5. The van der Waals surface area contributed by atoms with Gasteiger partial charge in [0.2, 0.25) is 0 Å². The van der Waals surface area contributed by atoms with Crippen LogP contribution in [0.25, 0.3) is 0 Å². The second kappa shape index (κ2) is 7.31. The largest absolute Gasteiger partial charge is 0.340 e. The third-order valence-electron chi connectivity index (χ3n) is 3.55. The molecule has 0 bridgehead atoms. The SMILES string of the molecule is Cc1cc(S(=O)(=O)Nc2ccc(Nc3cccc(F)c3)nc2)ccc1Cl. The van der Waals surface area contributed by atoms with Gasteiger partial charge in [-0.25, -0.2) is 17.8 Å². The van der Waals surface area contributed by atoms with E-state index in [-0.39, 0.29) is 10.7 Å². The van der Waals surface area contributed by atoms with Crippen molar-refractivity contribution in [3.63, 3.8) is 0 Å². The fourth-order valence-electron chi connectivity index (χ4n) is 2.24. The third-order valence-corrected chi connectivity index (χ3v) is 5.36. The van der Waals surface area contributed by atoms with Crippen molar-refractivity contribution in [2.45, 2.75) is 11.8 Å². The molecular formula is C18H15ClFN3O2S. The lowest BCUT2D eigenvalue weighted by Gasteiger charge is -2.10. The maximum atomic E-state index is 13.2. The van der Waals surface area contributed by atoms with Gasteiger partial charge in [0.25, 0.3) is 10.0 Å². The zero-order valence-corrected chi connectivity index (χ0v) is 15.3. The van der Waals surface area contributed by atoms with E-state index >= 15 is 0 Å². The molecule has 0 spiro atoms. The van der Waals surface area contributed by atoms with E-state index in [0.717, 1.165) is 0 Å². The predicted molar refractivity (Wildman–Crippen MR) is 101 cm³/mol. The molecule has 5 nitrogen and oxygen atoms in total. The fourth-order valence-corrected chi connectivity index (χ4v) is 3.49. The van der Waals surface area contributed by atoms with Gasteiger partial charge in [-0.2, -0.15) is 0 Å². The smallest absolute Gasteiger partial charge is 0.261 e. The van der Waals surface area contributed by atoms with Gasteiger partial charge < -0.3 is 5.32 Å². The molecule has 0 amide bonds. The van der Waals surface area contributed by atoms with Gasteiger partial charge in [0.1, 0.15) is 11.6 Å². The van der Waals surface area contributed by atoms with E-state index in [1.807, 2.05) is 0 Å². The molecule has 134 valence electrons. The van der Waals surface area contributed by atoms with E-state index in [1.165, 1.54) is 36.5 Å². The predicted octanol–water partition coefficient (Wildman–Crippen LogP) is 4.73. The number of hydrogen-bond acceptors (Lipinski definition) is 4. The molecule has 3 rings (SSSR count). The first-order chi connectivity index (χ1) is 12.3. The van der Waals surface area contributed by atoms with Crippen LogP contribution in [0.3, 0.4) is 0 Å². The van der Waals surface area contributed by atoms with Crippen LogP contribution >= 0.6 is 11.6 Å². The molecule has 2 aromatic carbocycles. The minimum Gasteiger partial charge on any atom is -0.340 e. The van der Waals surface area contributed by atoms with Crippen molar-refractivity contribution < 1.29 is 12.8 Å². The van der Waals surface area contributed by atoms with Gasteiger partial charge in [0, 0.05) is 10.7 Å². The van der Waals surface area contributed by atoms with Gasteiger partial charge in [-0.15, -0.1) is 0 Å². The van der Waals surface area contributed by atoms with Gasteiger partial charge in [0.15, 0.2) is 0 Å². The van der Waals surface area contributed by atoms with E-state index in [0.29, 0.717) is 27.8 Å². The Hall–Kier alpha value is -2.64. The molecule has 0 aliphatic carbocycles. The van der Waals surface area contributed by atoms with Crippen LogP contribution < -0.4 is 10.0 Å². The second-order valence-corrected chi connectivity index (χ2v) is 7.67. The number of benzene rings is 2. The number of hydrogen-bond donors (Lipinski definition) is 2. The Labute approximate surface area is 155 Å². The average Bonchev–Trinajstić information content (AvgIpc) is 2.59. The van der Waals surface area contributed by atoms with Gasteiger partial charge in [-0.3, -0.25) is 4.72 Å². The molecule has 8 heteroatoms. The molecule has 2 N–H and O–H groups in total. The normalized spacial score (nSPS) is 11.2. The van der Waals surface area contributed by atoms with Gasteiger partial charge in [0.05, 0.1) is 16.8 Å². The molecule has 0 saturated carbocycles. The van der Waals surface area contributed by atoms with Crippen molar-refractivity contribution in [1.82, 2.24) is 4.98 Å². The van der Waals surface area contributed by atoms with Crippen LogP contribution in [0.15, 0.2) is 65.7 Å². The van der Waals surface area contributed by atoms with Crippen LogP contribution in [0.2, 0.25) is 5.02 Å². The number of pyridine rings is 1. The molecule has 26 heavy (non-hydrogen) atoms. The number of rotatable bonds is 5. The summed E-state index contributed by atoms with van der Waals surface area (Å²) in [6.07, 6.45) is 1.38. The Kier molecular flexibility index (Phi) is 5.11. The zero-order valence-electron chi connectivity index (χ0n) is 13.7. The van der Waals surface area contributed by atoms with E-state index < -0.39 is 10.0 Å². The molecular weight excluding hydrogens is 377 g/mol. The molecule has 3 aromatic rings. The van der Waals surface area contributed by atoms with Crippen molar-refractivity contribution in [3.05, 3.63) is 77.2 Å². The van der Waals surface area contributed by atoms with Crippen molar-refractivity contribution >= 4 is 38.8 Å². The summed E-state index contributed by atoms with van der Waals surface area (Å²) in [6.45, 7) is 1.73. The highest BCUT2D eigenvalue weighted by molar-refractivity contribution is 7.92. The maximum absolute atomic E-state index is 13.2. The van der Waals surface area contributed by atoms with Gasteiger partial charge in [-0.1, -0.05) is 17.7 Å². The molecule has 0 fully saturated rings. The summed E-state index contributed by atoms with van der Waals surface area (Å²) in [7, 11) is -3.75. The molecule has 0 aliphatic heterocycles. The molecule has 0 radical (unpaired) electrons. The fraction of sp³-hybridized carbons (Fsp3) is 0.0556. The minimum absolute atomic E-state index is 0.112. The molecule has 0 unspecified atom stereocenters. The van der Waals surface area contributed by atoms with Crippen LogP contribution in [-0.2, 0) is 10.0 Å². The number of halogens is 2. The van der Waals surface area contributed by atoms with Crippen molar-refractivity contribution in [3.8, 4) is 0 Å². The highest BCUT2D eigenvalue weighted by Crippen LogP contribution is 2.22. The number of aromatic nitrogens is 1. The van der Waals surface area contributed by atoms with Gasteiger partial charge in [-0.05, 0) is 61.0 Å². The number of nitrogens with one attached hydrogen (secondary N) is 2. The van der Waals surface area contributed by atoms with Crippen LogP contribution in [0.4, 0.5) is 21.6 Å². The first-order valence-corrected chi connectivity index (χ1v) is 9.47. The Balaban J connectivity index is 1.75. The van der Waals surface area contributed by atoms with Crippen LogP contribution in [0.1, 0.15) is 5.56 Å². The van der Waals surface area contributed by atoms with E-state index in [2.05, 4.69) is 15.0 Å². The molecule has 0 aliphatic rings. The standard InChI is InChI=1S/C18H15ClFN3O2S/c1-12-9-16(6-7-17(12)19)26(24,25)23-15-5-8-18(21-11-15)22-14-4-2-3-13(20)10-14/h2-11,23H,1H3,(H,21,22). The van der Waals surface area contributed by atoms with Gasteiger partial charge >= 0.3 is 0 Å². The number of aryl methyl sites for hydroxylation is 1. The van der Waals surface area contributed by atoms with E-state index in [9.17, 15) is 12.8 Å². The lowest BCUT2D eigenvalue weighted by atomic mass is 10.2. The summed E-state index contributed by atoms with van der Waals surface area (Å²) >= 11 is 5.93. The monoisotopic (exact) mass is 391 g/mol. The van der Waals surface area contributed by atoms with Crippen LogP contribution in [-0.4, -0.2) is 13.4 Å². The van der Waals surface area contributed by atoms with Crippen molar-refractivity contribution in [2.24, 2.45) is 0 Å². The van der Waals surface area contributed by atoms with Crippen LogP contribution in [0, 0.1) is 12.7 Å². The first kappa shape index (κ1) is 18.2. The first-order valence-electron chi connectivity index (χ1n) is 7.61. The van der Waals surface area contributed by atoms with Crippen LogP contribution in [0.5, 0.6) is 0 Å². The summed E-state index contributed by atoms with van der Waals surface area (Å²) in [4.78, 5) is 4.24. The minimum atomic E-state index is -3.75. The Morgan fingerprint density at radius 1 is 1.04 bits per heavy atom. The molecule has 1 heterocycles. The lowest BCUT2D eigenvalue weighted by Crippen LogP contribution is -2.13. The van der Waals surface area contributed by atoms with Crippen molar-refractivity contribution in [1.29, 1.82) is 0 Å². The summed E-state index contributed by atoms with van der Waals surface area (Å²) in [5.41, 5.74) is 1.52. The average molecular weight is 392 g/mol. The summed E-state index contributed by atoms with van der Waals surface area (Å²) in [6, 6.07) is 13.6. The number of sulfonamides is 1. The highest BCUT2D eigenvalue weighted by Gasteiger charge is 2.15.